The molecule has 10 heteroatoms. The van der Waals surface area contributed by atoms with Crippen molar-refractivity contribution in [3.05, 3.63) is 94.4 Å². The summed E-state index contributed by atoms with van der Waals surface area (Å²) in [6.45, 7) is 3.29. The Kier molecular flexibility index (Phi) is 7.07. The molecule has 1 aromatic heterocycles. The Hall–Kier alpha value is -4.83. The Bertz CT molecular complexity index is 1600. The number of anilines is 2. The average molecular weight is 541 g/mol. The van der Waals surface area contributed by atoms with E-state index in [-0.39, 0.29) is 30.2 Å². The van der Waals surface area contributed by atoms with E-state index in [1.165, 1.54) is 10.9 Å². The molecule has 3 heterocycles. The molecule has 2 aliphatic rings. The van der Waals surface area contributed by atoms with E-state index >= 15 is 0 Å². The predicted octanol–water partition coefficient (Wildman–Crippen LogP) is 4.71. The summed E-state index contributed by atoms with van der Waals surface area (Å²) in [5, 5.41) is 10.5. The van der Waals surface area contributed by atoms with Crippen LogP contribution in [0.3, 0.4) is 0 Å². The molecule has 1 saturated heterocycles. The van der Waals surface area contributed by atoms with Crippen LogP contribution < -0.4 is 30.4 Å². The second-order valence-corrected chi connectivity index (χ2v) is 9.60. The minimum atomic E-state index is -0.421. The maximum absolute atomic E-state index is 13.7. The molecule has 3 aromatic carbocycles. The molecule has 1 atom stereocenters. The van der Waals surface area contributed by atoms with Crippen molar-refractivity contribution < 1.29 is 23.7 Å². The van der Waals surface area contributed by atoms with E-state index in [0.717, 1.165) is 25.0 Å². The van der Waals surface area contributed by atoms with Gasteiger partial charge in [-0.05, 0) is 62.2 Å². The number of rotatable bonds is 8. The SMILES string of the molecule is Cc1ccc(-n2ncc(Oc3ccc4c(c3)OCO4)c(Nc3cccc(C(=O)NCC4CCCO4)c3)c2=O)cc1. The van der Waals surface area contributed by atoms with Crippen LogP contribution in [-0.2, 0) is 4.74 Å². The van der Waals surface area contributed by atoms with E-state index < -0.39 is 5.56 Å². The lowest BCUT2D eigenvalue weighted by Crippen LogP contribution is -2.31. The number of benzene rings is 3. The van der Waals surface area contributed by atoms with Gasteiger partial charge in [0.2, 0.25) is 6.79 Å². The van der Waals surface area contributed by atoms with Gasteiger partial charge in [0.05, 0.1) is 18.0 Å². The molecule has 2 N–H and O–H groups in total. The fraction of sp³-hybridized carbons (Fsp3) is 0.233. The number of hydrogen-bond acceptors (Lipinski definition) is 8. The van der Waals surface area contributed by atoms with Gasteiger partial charge < -0.3 is 29.6 Å². The minimum Gasteiger partial charge on any atom is -0.454 e. The Labute approximate surface area is 230 Å². The van der Waals surface area contributed by atoms with Gasteiger partial charge in [0.1, 0.15) is 5.75 Å². The highest BCUT2D eigenvalue weighted by Crippen LogP contribution is 2.37. The van der Waals surface area contributed by atoms with Crippen LogP contribution in [-0.4, -0.2) is 41.7 Å². The molecule has 204 valence electrons. The molecule has 0 saturated carbocycles. The van der Waals surface area contributed by atoms with E-state index in [9.17, 15) is 9.59 Å². The summed E-state index contributed by atoms with van der Waals surface area (Å²) in [5.74, 6) is 1.61. The zero-order valence-electron chi connectivity index (χ0n) is 21.9. The summed E-state index contributed by atoms with van der Waals surface area (Å²) in [4.78, 5) is 26.6. The second-order valence-electron chi connectivity index (χ2n) is 9.60. The molecule has 2 aliphatic heterocycles. The van der Waals surface area contributed by atoms with Gasteiger partial charge in [-0.1, -0.05) is 23.8 Å². The monoisotopic (exact) mass is 540 g/mol. The van der Waals surface area contributed by atoms with Crippen LogP contribution >= 0.6 is 0 Å². The minimum absolute atomic E-state index is 0.0400. The van der Waals surface area contributed by atoms with Crippen LogP contribution in [0.25, 0.3) is 5.69 Å². The molecule has 6 rings (SSSR count). The summed E-state index contributed by atoms with van der Waals surface area (Å²) in [5.41, 5.74) is 2.40. The first kappa shape index (κ1) is 25.4. The number of nitrogens with zero attached hydrogens (tertiary/aromatic N) is 2. The predicted molar refractivity (Wildman–Crippen MR) is 148 cm³/mol. The first-order chi connectivity index (χ1) is 19.5. The number of aryl methyl sites for hydroxylation is 1. The Balaban J connectivity index is 1.31. The van der Waals surface area contributed by atoms with Crippen molar-refractivity contribution in [1.29, 1.82) is 0 Å². The van der Waals surface area contributed by atoms with Crippen molar-refractivity contribution >= 4 is 17.3 Å². The highest BCUT2D eigenvalue weighted by molar-refractivity contribution is 5.95. The Morgan fingerprint density at radius 2 is 1.93 bits per heavy atom. The van der Waals surface area contributed by atoms with E-state index in [1.54, 1.807) is 42.5 Å². The van der Waals surface area contributed by atoms with Gasteiger partial charge in [-0.25, -0.2) is 0 Å². The molecule has 10 nitrogen and oxygen atoms in total. The van der Waals surface area contributed by atoms with Crippen LogP contribution in [0.5, 0.6) is 23.0 Å². The molecule has 0 radical (unpaired) electrons. The molecule has 1 fully saturated rings. The molecule has 0 bridgehead atoms. The van der Waals surface area contributed by atoms with Crippen molar-refractivity contribution in [3.8, 4) is 28.7 Å². The number of nitrogens with one attached hydrogen (secondary N) is 2. The van der Waals surface area contributed by atoms with Crippen molar-refractivity contribution in [2.45, 2.75) is 25.9 Å². The Morgan fingerprint density at radius 3 is 2.75 bits per heavy atom. The molecule has 0 aliphatic carbocycles. The molecular weight excluding hydrogens is 512 g/mol. The van der Waals surface area contributed by atoms with Crippen molar-refractivity contribution in [3.63, 3.8) is 0 Å². The van der Waals surface area contributed by atoms with Gasteiger partial charge in [-0.3, -0.25) is 9.59 Å². The van der Waals surface area contributed by atoms with Crippen LogP contribution in [0.2, 0.25) is 0 Å². The largest absolute Gasteiger partial charge is 0.454 e. The third-order valence-electron chi connectivity index (χ3n) is 6.70. The maximum atomic E-state index is 13.7. The summed E-state index contributed by atoms with van der Waals surface area (Å²) in [6, 6.07) is 19.6. The Morgan fingerprint density at radius 1 is 1.07 bits per heavy atom. The average Bonchev–Trinajstić information content (AvgIpc) is 3.67. The smallest absolute Gasteiger partial charge is 0.299 e. The highest BCUT2D eigenvalue weighted by Gasteiger charge is 2.20. The quantitative estimate of drug-likeness (QED) is 0.330. The van der Waals surface area contributed by atoms with Crippen molar-refractivity contribution in [1.82, 2.24) is 15.1 Å². The topological polar surface area (TPSA) is 113 Å². The lowest BCUT2D eigenvalue weighted by Gasteiger charge is -2.15. The van der Waals surface area contributed by atoms with Gasteiger partial charge in [0.25, 0.3) is 11.5 Å². The number of hydrogen-bond donors (Lipinski definition) is 2. The molecule has 1 unspecified atom stereocenters. The molecule has 1 amide bonds. The number of fused-ring (bicyclic) bond motifs is 1. The van der Waals surface area contributed by atoms with Gasteiger partial charge in [0.15, 0.2) is 22.9 Å². The van der Waals surface area contributed by atoms with Crippen LogP contribution in [0.1, 0.15) is 28.8 Å². The molecule has 4 aromatic rings. The van der Waals surface area contributed by atoms with E-state index in [0.29, 0.717) is 40.7 Å². The number of ether oxygens (including phenoxy) is 4. The zero-order chi connectivity index (χ0) is 27.5. The van der Waals surface area contributed by atoms with E-state index in [2.05, 4.69) is 15.7 Å². The van der Waals surface area contributed by atoms with Crippen LogP contribution in [0.15, 0.2) is 77.7 Å². The van der Waals surface area contributed by atoms with Crippen LogP contribution in [0, 0.1) is 6.92 Å². The van der Waals surface area contributed by atoms with Crippen LogP contribution in [0.4, 0.5) is 11.4 Å². The molecule has 40 heavy (non-hydrogen) atoms. The maximum Gasteiger partial charge on any atom is 0.299 e. The van der Waals surface area contributed by atoms with Gasteiger partial charge in [-0.2, -0.15) is 9.78 Å². The number of aromatic nitrogens is 2. The lowest BCUT2D eigenvalue weighted by atomic mass is 10.1. The third-order valence-corrected chi connectivity index (χ3v) is 6.70. The second kappa shape index (κ2) is 11.1. The van der Waals surface area contributed by atoms with Gasteiger partial charge in [0, 0.05) is 30.5 Å². The lowest BCUT2D eigenvalue weighted by molar-refractivity contribution is 0.0858. The standard InChI is InChI=1S/C30H28N4O6/c1-19-7-9-22(10-8-19)34-30(36)28(27(17-32-34)40-23-11-12-25-26(15-23)39-18-38-25)33-21-5-2-4-20(14-21)29(35)31-16-24-6-3-13-37-24/h2,4-5,7-12,14-15,17,24,33H,3,6,13,16,18H2,1H3,(H,31,35). The van der Waals surface area contributed by atoms with Gasteiger partial charge >= 0.3 is 0 Å². The third kappa shape index (κ3) is 5.48. The first-order valence-electron chi connectivity index (χ1n) is 13.1. The zero-order valence-corrected chi connectivity index (χ0v) is 21.9. The first-order valence-corrected chi connectivity index (χ1v) is 13.1. The summed E-state index contributed by atoms with van der Waals surface area (Å²) < 4.78 is 23.8. The van der Waals surface area contributed by atoms with E-state index in [1.807, 2.05) is 31.2 Å². The molecular formula is C30H28N4O6. The van der Waals surface area contributed by atoms with E-state index in [4.69, 9.17) is 18.9 Å². The summed E-state index contributed by atoms with van der Waals surface area (Å²) in [6.07, 6.45) is 3.45. The van der Waals surface area contributed by atoms with Crippen molar-refractivity contribution in [2.75, 3.05) is 25.3 Å². The fourth-order valence-electron chi connectivity index (χ4n) is 4.56. The summed E-state index contributed by atoms with van der Waals surface area (Å²) >= 11 is 0. The fourth-order valence-corrected chi connectivity index (χ4v) is 4.56. The number of carbonyl (C=O) groups excluding carboxylic acids is 1. The number of amides is 1. The van der Waals surface area contributed by atoms with Crippen molar-refractivity contribution in [2.24, 2.45) is 0 Å². The van der Waals surface area contributed by atoms with Gasteiger partial charge in [-0.15, -0.1) is 0 Å². The summed E-state index contributed by atoms with van der Waals surface area (Å²) in [7, 11) is 0. The normalized spacial score (nSPS) is 15.6. The highest BCUT2D eigenvalue weighted by atomic mass is 16.7. The molecule has 0 spiro atoms. The number of carbonyl (C=O) groups is 1.